The highest BCUT2D eigenvalue weighted by Gasteiger charge is 2.03. The van der Waals surface area contributed by atoms with Crippen molar-refractivity contribution in [3.63, 3.8) is 0 Å². The van der Waals surface area contributed by atoms with Gasteiger partial charge in [-0.2, -0.15) is 12.6 Å². The molecule has 0 aromatic rings. The lowest BCUT2D eigenvalue weighted by atomic mass is 10.1. The molecule has 0 aliphatic rings. The molecule has 0 saturated heterocycles. The summed E-state index contributed by atoms with van der Waals surface area (Å²) in [5, 5.41) is 8.77. The van der Waals surface area contributed by atoms with Gasteiger partial charge in [-0.1, -0.05) is 13.8 Å². The van der Waals surface area contributed by atoms with E-state index in [1.54, 1.807) is 0 Å². The van der Waals surface area contributed by atoms with Gasteiger partial charge in [0.25, 0.3) is 0 Å². The molecule has 0 bridgehead atoms. The molecule has 0 aromatic carbocycles. The first-order valence-corrected chi connectivity index (χ1v) is 2.99. The van der Waals surface area contributed by atoms with Gasteiger partial charge in [0.1, 0.15) is 0 Å². The SMILES string of the molecule is C[C@H](CO)[C@@H](C)S. The Kier molecular flexibility index (Phi) is 3.48. The van der Waals surface area contributed by atoms with Crippen LogP contribution in [-0.4, -0.2) is 17.0 Å². The van der Waals surface area contributed by atoms with Crippen molar-refractivity contribution >= 4 is 12.6 Å². The summed E-state index contributed by atoms with van der Waals surface area (Å²) in [7, 11) is 0. The monoisotopic (exact) mass is 120 g/mol. The Balaban J connectivity index is 3.14. The lowest BCUT2D eigenvalue weighted by molar-refractivity contribution is 0.238. The molecule has 2 atom stereocenters. The van der Waals surface area contributed by atoms with E-state index in [1.165, 1.54) is 0 Å². The Labute approximate surface area is 50.1 Å². The summed E-state index contributed by atoms with van der Waals surface area (Å²) in [5.41, 5.74) is 0. The van der Waals surface area contributed by atoms with E-state index in [-0.39, 0.29) is 6.61 Å². The Morgan fingerprint density at radius 1 is 1.57 bits per heavy atom. The van der Waals surface area contributed by atoms with Crippen molar-refractivity contribution in [2.45, 2.75) is 19.1 Å². The number of hydrogen-bond donors (Lipinski definition) is 2. The molecular weight excluding hydrogens is 108 g/mol. The molecule has 0 aliphatic heterocycles. The van der Waals surface area contributed by atoms with Crippen molar-refractivity contribution < 1.29 is 5.11 Å². The number of thiol groups is 1. The maximum absolute atomic E-state index is 8.46. The average molecular weight is 120 g/mol. The van der Waals surface area contributed by atoms with Crippen LogP contribution in [0.1, 0.15) is 13.8 Å². The zero-order valence-corrected chi connectivity index (χ0v) is 5.65. The van der Waals surface area contributed by atoms with E-state index in [4.69, 9.17) is 5.11 Å². The molecule has 0 spiro atoms. The van der Waals surface area contributed by atoms with Crippen molar-refractivity contribution in [1.29, 1.82) is 0 Å². The second-order valence-electron chi connectivity index (χ2n) is 1.90. The summed E-state index contributed by atoms with van der Waals surface area (Å²) in [5.74, 6) is 0.323. The van der Waals surface area contributed by atoms with Crippen LogP contribution in [0.2, 0.25) is 0 Å². The summed E-state index contributed by atoms with van der Waals surface area (Å²) in [6, 6.07) is 0. The second kappa shape index (κ2) is 3.33. The van der Waals surface area contributed by atoms with Crippen LogP contribution in [0.4, 0.5) is 0 Å². The third kappa shape index (κ3) is 2.94. The number of hydrogen-bond acceptors (Lipinski definition) is 2. The minimum Gasteiger partial charge on any atom is -0.396 e. The first-order valence-electron chi connectivity index (χ1n) is 2.47. The number of aliphatic hydroxyl groups is 1. The predicted octanol–water partition coefficient (Wildman–Crippen LogP) is 0.933. The molecule has 0 amide bonds. The van der Waals surface area contributed by atoms with Gasteiger partial charge in [0, 0.05) is 11.9 Å². The molecule has 0 radical (unpaired) electrons. The van der Waals surface area contributed by atoms with Crippen LogP contribution >= 0.6 is 12.6 Å². The van der Waals surface area contributed by atoms with Gasteiger partial charge in [-0.3, -0.25) is 0 Å². The van der Waals surface area contributed by atoms with Gasteiger partial charge in [-0.15, -0.1) is 0 Å². The van der Waals surface area contributed by atoms with Gasteiger partial charge in [-0.25, -0.2) is 0 Å². The molecule has 0 fully saturated rings. The first-order chi connectivity index (χ1) is 3.18. The second-order valence-corrected chi connectivity index (χ2v) is 2.72. The van der Waals surface area contributed by atoms with Crippen LogP contribution in [0.3, 0.4) is 0 Å². The standard InChI is InChI=1S/C5H12OS/c1-4(3-6)5(2)7/h4-7H,3H2,1-2H3/t4-,5-/m1/s1. The Morgan fingerprint density at radius 3 is 2.00 bits per heavy atom. The summed E-state index contributed by atoms with van der Waals surface area (Å²) in [6.45, 7) is 4.19. The van der Waals surface area contributed by atoms with Gasteiger partial charge in [-0.05, 0) is 5.92 Å². The van der Waals surface area contributed by atoms with Crippen LogP contribution in [0.15, 0.2) is 0 Å². The molecule has 44 valence electrons. The molecule has 0 aliphatic carbocycles. The quantitative estimate of drug-likeness (QED) is 0.519. The molecular formula is C5H12OS. The van der Waals surface area contributed by atoms with Gasteiger partial charge in [0.05, 0.1) is 0 Å². The van der Waals surface area contributed by atoms with E-state index >= 15 is 0 Å². The normalized spacial score (nSPS) is 18.9. The number of rotatable bonds is 2. The zero-order valence-electron chi connectivity index (χ0n) is 4.76. The van der Waals surface area contributed by atoms with Gasteiger partial charge in [0.2, 0.25) is 0 Å². The molecule has 2 heteroatoms. The van der Waals surface area contributed by atoms with E-state index in [0.29, 0.717) is 11.2 Å². The van der Waals surface area contributed by atoms with E-state index in [0.717, 1.165) is 0 Å². The fraction of sp³-hybridized carbons (Fsp3) is 1.00. The fourth-order valence-corrected chi connectivity index (χ4v) is 0.247. The van der Waals surface area contributed by atoms with E-state index in [9.17, 15) is 0 Å². The number of aliphatic hydroxyl groups excluding tert-OH is 1. The van der Waals surface area contributed by atoms with Gasteiger partial charge >= 0.3 is 0 Å². The highest BCUT2D eigenvalue weighted by Crippen LogP contribution is 2.05. The highest BCUT2D eigenvalue weighted by molar-refractivity contribution is 7.80. The molecule has 1 N–H and O–H groups in total. The van der Waals surface area contributed by atoms with Crippen molar-refractivity contribution in [2.24, 2.45) is 5.92 Å². The van der Waals surface area contributed by atoms with Crippen molar-refractivity contribution in [3.05, 3.63) is 0 Å². The van der Waals surface area contributed by atoms with Crippen molar-refractivity contribution in [2.75, 3.05) is 6.61 Å². The lowest BCUT2D eigenvalue weighted by Gasteiger charge is -2.08. The average Bonchev–Trinajstić information content (AvgIpc) is 1.65. The van der Waals surface area contributed by atoms with Crippen LogP contribution < -0.4 is 0 Å². The Morgan fingerprint density at radius 2 is 2.00 bits per heavy atom. The van der Waals surface area contributed by atoms with Crippen LogP contribution in [0, 0.1) is 5.92 Å². The summed E-state index contributed by atoms with van der Waals surface area (Å²) in [6.07, 6.45) is 0. The molecule has 0 saturated carbocycles. The summed E-state index contributed by atoms with van der Waals surface area (Å²) >= 11 is 4.11. The minimum atomic E-state index is 0.241. The van der Waals surface area contributed by atoms with Crippen LogP contribution in [0.5, 0.6) is 0 Å². The smallest absolute Gasteiger partial charge is 0.0467 e. The Bertz CT molecular complexity index is 45.3. The summed E-state index contributed by atoms with van der Waals surface area (Å²) in [4.78, 5) is 0. The molecule has 0 aromatic heterocycles. The van der Waals surface area contributed by atoms with E-state index in [2.05, 4.69) is 12.6 Å². The summed E-state index contributed by atoms with van der Waals surface area (Å²) < 4.78 is 0. The van der Waals surface area contributed by atoms with Gasteiger partial charge in [0.15, 0.2) is 0 Å². The highest BCUT2D eigenvalue weighted by atomic mass is 32.1. The third-order valence-corrected chi connectivity index (χ3v) is 1.62. The lowest BCUT2D eigenvalue weighted by Crippen LogP contribution is -2.10. The van der Waals surface area contributed by atoms with Gasteiger partial charge < -0.3 is 5.11 Å². The fourth-order valence-electron chi connectivity index (χ4n) is 0.153. The molecule has 1 nitrogen and oxygen atoms in total. The third-order valence-electron chi connectivity index (χ3n) is 1.11. The molecule has 0 heterocycles. The predicted molar refractivity (Wildman–Crippen MR) is 34.7 cm³/mol. The zero-order chi connectivity index (χ0) is 5.86. The molecule has 7 heavy (non-hydrogen) atoms. The maximum atomic E-state index is 8.46. The topological polar surface area (TPSA) is 20.2 Å². The van der Waals surface area contributed by atoms with Crippen LogP contribution in [-0.2, 0) is 0 Å². The molecule has 0 unspecified atom stereocenters. The van der Waals surface area contributed by atoms with E-state index in [1.807, 2.05) is 13.8 Å². The maximum Gasteiger partial charge on any atom is 0.0467 e. The minimum absolute atomic E-state index is 0.241. The van der Waals surface area contributed by atoms with E-state index < -0.39 is 0 Å². The Hall–Kier alpha value is 0.310. The van der Waals surface area contributed by atoms with Crippen molar-refractivity contribution in [1.82, 2.24) is 0 Å². The molecule has 0 rings (SSSR count). The first kappa shape index (κ1) is 7.31. The largest absolute Gasteiger partial charge is 0.396 e. The van der Waals surface area contributed by atoms with Crippen molar-refractivity contribution in [3.8, 4) is 0 Å². The van der Waals surface area contributed by atoms with Crippen LogP contribution in [0.25, 0.3) is 0 Å².